The number of amidine groups is 1. The molecule has 7 nitrogen and oxygen atoms in total. The van der Waals surface area contributed by atoms with Gasteiger partial charge in [-0.2, -0.15) is 0 Å². The number of thioether (sulfide) groups is 1. The molecular weight excluding hydrogens is 621 g/mol. The van der Waals surface area contributed by atoms with Crippen LogP contribution in [0.3, 0.4) is 0 Å². The van der Waals surface area contributed by atoms with Crippen molar-refractivity contribution in [2.24, 2.45) is 10.9 Å². The number of aliphatic imine (C=N–C) groups is 1. The molecule has 244 valence electrons. The molecule has 10 heteroatoms. The van der Waals surface area contributed by atoms with Crippen LogP contribution in [-0.4, -0.2) is 64.3 Å². The second-order valence-corrected chi connectivity index (χ2v) is 14.5. The largest absolute Gasteiger partial charge is 0.338 e. The van der Waals surface area contributed by atoms with E-state index in [0.717, 1.165) is 72.9 Å². The number of amides is 2. The fraction of sp³-hybridized carbons (Fsp3) is 0.500. The minimum Gasteiger partial charge on any atom is -0.338 e. The van der Waals surface area contributed by atoms with Crippen molar-refractivity contribution in [2.75, 3.05) is 31.1 Å². The van der Waals surface area contributed by atoms with E-state index < -0.39 is 5.67 Å². The molecule has 46 heavy (non-hydrogen) atoms. The molecule has 0 aromatic carbocycles. The number of alkyl halides is 1. The number of anilines is 1. The van der Waals surface area contributed by atoms with Crippen LogP contribution in [0.15, 0.2) is 74.9 Å². The van der Waals surface area contributed by atoms with E-state index >= 15 is 4.39 Å². The van der Waals surface area contributed by atoms with E-state index in [9.17, 15) is 9.59 Å². The third-order valence-electron chi connectivity index (χ3n) is 9.76. The minimum atomic E-state index is -1.35. The molecule has 0 radical (unpaired) electrons. The molecule has 0 bridgehead atoms. The van der Waals surface area contributed by atoms with Crippen molar-refractivity contribution in [3.63, 3.8) is 0 Å². The standard InChI is InChI=1S/C36H43ClFN5O2S/c1-3-14-36(38)15-20-41(21-16-36)34(44)27-22-30-26(9-10-29-7-5-6-8-31(37)46-29)12-18-42(33(30)40-24-27)28-13-19-43-32(23-28)39-17-11-25(4-2)35(43)45/h3,7-8,13-14,19,22-26H,4-6,9-12,15-18,20-21H2,1-2H3/b14-3+. The molecule has 1 saturated heterocycles. The number of aromatic nitrogens is 1. The number of hydrogen-bond acceptors (Lipinski definition) is 6. The molecule has 5 aliphatic heterocycles. The van der Waals surface area contributed by atoms with Gasteiger partial charge in [-0.15, -0.1) is 0 Å². The summed E-state index contributed by atoms with van der Waals surface area (Å²) in [7, 11) is 0. The fourth-order valence-corrected chi connectivity index (χ4v) is 8.33. The van der Waals surface area contributed by atoms with Gasteiger partial charge in [-0.05, 0) is 80.4 Å². The number of carbonyl (C=O) groups is 2. The van der Waals surface area contributed by atoms with Crippen LogP contribution in [0, 0.1) is 5.92 Å². The van der Waals surface area contributed by atoms with Gasteiger partial charge in [-0.25, -0.2) is 9.37 Å². The zero-order chi connectivity index (χ0) is 32.3. The normalized spacial score (nSPS) is 24.8. The first kappa shape index (κ1) is 32.8. The summed E-state index contributed by atoms with van der Waals surface area (Å²) >= 11 is 8.07. The van der Waals surface area contributed by atoms with Crippen LogP contribution in [0.4, 0.5) is 10.2 Å². The first-order valence-electron chi connectivity index (χ1n) is 16.7. The molecule has 6 heterocycles. The lowest BCUT2D eigenvalue weighted by atomic mass is 9.86. The Hall–Kier alpha value is -3.17. The lowest BCUT2D eigenvalue weighted by Gasteiger charge is -2.37. The van der Waals surface area contributed by atoms with Gasteiger partial charge in [-0.1, -0.05) is 54.6 Å². The minimum absolute atomic E-state index is 0.0219. The number of carbonyl (C=O) groups excluding carboxylic acids is 2. The van der Waals surface area contributed by atoms with Crippen molar-refractivity contribution in [2.45, 2.75) is 83.2 Å². The van der Waals surface area contributed by atoms with Crippen LogP contribution < -0.4 is 4.90 Å². The molecule has 2 amide bonds. The van der Waals surface area contributed by atoms with Crippen LogP contribution in [0.1, 0.15) is 93.5 Å². The Kier molecular flexibility index (Phi) is 10.2. The Balaban J connectivity index is 1.27. The number of allylic oxidation sites excluding steroid dienone is 6. The average Bonchev–Trinajstić information content (AvgIpc) is 3.37. The van der Waals surface area contributed by atoms with Gasteiger partial charge in [0.15, 0.2) is 0 Å². The van der Waals surface area contributed by atoms with E-state index in [1.807, 2.05) is 38.3 Å². The number of fused-ring (bicyclic) bond motifs is 2. The van der Waals surface area contributed by atoms with Crippen LogP contribution >= 0.6 is 23.4 Å². The van der Waals surface area contributed by atoms with Gasteiger partial charge in [0.1, 0.15) is 17.3 Å². The number of likely N-dealkylation sites (tertiary alicyclic amines) is 1. The number of halogens is 2. The summed E-state index contributed by atoms with van der Waals surface area (Å²) in [6.45, 7) is 6.01. The van der Waals surface area contributed by atoms with Crippen LogP contribution in [0.25, 0.3) is 0 Å². The highest BCUT2D eigenvalue weighted by atomic mass is 35.5. The van der Waals surface area contributed by atoms with Crippen LogP contribution in [0.2, 0.25) is 0 Å². The van der Waals surface area contributed by atoms with E-state index in [0.29, 0.717) is 43.9 Å². The molecule has 1 aromatic heterocycles. The number of pyridine rings is 1. The SMILES string of the molecule is C/C=C/C1(F)CCN(C(=O)c2cnc3c(c2)C(CCC2=CCCC=C(Cl)S2)CCN3C2=CC3=NCCC(CC)C(=O)N3C=C2)CC1. The summed E-state index contributed by atoms with van der Waals surface area (Å²) in [6.07, 6.45) is 22.0. The predicted octanol–water partition coefficient (Wildman–Crippen LogP) is 8.24. The smallest absolute Gasteiger partial charge is 0.255 e. The second-order valence-electron chi connectivity index (χ2n) is 12.7. The van der Waals surface area contributed by atoms with Gasteiger partial charge < -0.3 is 9.80 Å². The number of piperidine rings is 1. The molecule has 0 saturated carbocycles. The summed E-state index contributed by atoms with van der Waals surface area (Å²) < 4.78 is 15.9. The summed E-state index contributed by atoms with van der Waals surface area (Å²) in [6, 6.07) is 2.02. The van der Waals surface area contributed by atoms with Gasteiger partial charge in [0.2, 0.25) is 5.91 Å². The zero-order valence-corrected chi connectivity index (χ0v) is 28.3. The van der Waals surface area contributed by atoms with E-state index in [1.54, 1.807) is 39.9 Å². The molecular formula is C36H43ClFN5O2S. The highest BCUT2D eigenvalue weighted by molar-refractivity contribution is 8.08. The lowest BCUT2D eigenvalue weighted by molar-refractivity contribution is -0.129. The molecule has 2 unspecified atom stereocenters. The Morgan fingerprint density at radius 2 is 1.98 bits per heavy atom. The highest BCUT2D eigenvalue weighted by Crippen LogP contribution is 2.43. The van der Waals surface area contributed by atoms with Gasteiger partial charge >= 0.3 is 0 Å². The Morgan fingerprint density at radius 3 is 2.76 bits per heavy atom. The zero-order valence-electron chi connectivity index (χ0n) is 26.8. The third-order valence-corrected chi connectivity index (χ3v) is 11.1. The summed E-state index contributed by atoms with van der Waals surface area (Å²) in [5, 5.41) is 0. The highest BCUT2D eigenvalue weighted by Gasteiger charge is 2.36. The predicted molar refractivity (Wildman–Crippen MR) is 186 cm³/mol. The number of rotatable bonds is 7. The average molecular weight is 664 g/mol. The molecule has 2 atom stereocenters. The summed E-state index contributed by atoms with van der Waals surface area (Å²) in [5.74, 6) is 1.69. The maximum absolute atomic E-state index is 15.1. The number of nitrogens with zero attached hydrogens (tertiary/aromatic N) is 5. The van der Waals surface area contributed by atoms with Crippen molar-refractivity contribution in [1.82, 2.24) is 14.8 Å². The molecule has 6 rings (SSSR count). The van der Waals surface area contributed by atoms with Crippen molar-refractivity contribution >= 4 is 46.8 Å². The lowest BCUT2D eigenvalue weighted by Crippen LogP contribution is -2.44. The molecule has 1 fully saturated rings. The summed E-state index contributed by atoms with van der Waals surface area (Å²) in [5.41, 5.74) is 1.17. The van der Waals surface area contributed by atoms with Gasteiger partial charge in [0.05, 0.1) is 9.93 Å². The first-order chi connectivity index (χ1) is 22.3. The van der Waals surface area contributed by atoms with E-state index in [1.165, 1.54) is 4.91 Å². The maximum Gasteiger partial charge on any atom is 0.255 e. The topological polar surface area (TPSA) is 69.1 Å². The van der Waals surface area contributed by atoms with Crippen molar-refractivity contribution in [3.8, 4) is 0 Å². The Morgan fingerprint density at radius 1 is 1.17 bits per heavy atom. The molecule has 0 aliphatic carbocycles. The molecule has 5 aliphatic rings. The second kappa shape index (κ2) is 14.3. The van der Waals surface area contributed by atoms with Gasteiger partial charge in [-0.3, -0.25) is 19.5 Å². The first-order valence-corrected chi connectivity index (χ1v) is 17.9. The van der Waals surface area contributed by atoms with Crippen molar-refractivity contribution < 1.29 is 14.0 Å². The van der Waals surface area contributed by atoms with Crippen LogP contribution in [-0.2, 0) is 4.79 Å². The monoisotopic (exact) mass is 663 g/mol. The van der Waals surface area contributed by atoms with E-state index in [2.05, 4.69) is 17.1 Å². The van der Waals surface area contributed by atoms with Crippen LogP contribution in [0.5, 0.6) is 0 Å². The van der Waals surface area contributed by atoms with Gasteiger partial charge in [0.25, 0.3) is 5.91 Å². The molecule has 0 spiro atoms. The maximum atomic E-state index is 15.1. The summed E-state index contributed by atoms with van der Waals surface area (Å²) in [4.78, 5) is 43.5. The quantitative estimate of drug-likeness (QED) is 0.275. The van der Waals surface area contributed by atoms with Crippen molar-refractivity contribution in [3.05, 3.63) is 81.0 Å². The molecule has 0 N–H and O–H groups in total. The Labute approximate surface area is 281 Å². The van der Waals surface area contributed by atoms with Gasteiger partial charge in [0, 0.05) is 69.1 Å². The number of hydrogen-bond donors (Lipinski definition) is 0. The van der Waals surface area contributed by atoms with Crippen molar-refractivity contribution in [1.29, 1.82) is 0 Å². The Bertz CT molecular complexity index is 1540. The third kappa shape index (κ3) is 7.05. The molecule has 1 aromatic rings. The van der Waals surface area contributed by atoms with E-state index in [-0.39, 0.29) is 23.7 Å². The van der Waals surface area contributed by atoms with E-state index in [4.69, 9.17) is 21.6 Å². The fourth-order valence-electron chi connectivity index (χ4n) is 7.05.